The van der Waals surface area contributed by atoms with Crippen LogP contribution in [-0.2, 0) is 20.1 Å². The van der Waals surface area contributed by atoms with Gasteiger partial charge in [0.05, 0.1) is 5.56 Å². The van der Waals surface area contributed by atoms with Crippen molar-refractivity contribution in [2.45, 2.75) is 13.1 Å². The third-order valence-corrected chi connectivity index (χ3v) is 2.89. The van der Waals surface area contributed by atoms with Crippen LogP contribution in [0.5, 0.6) is 0 Å². The van der Waals surface area contributed by atoms with E-state index in [0.717, 1.165) is 18.7 Å². The van der Waals surface area contributed by atoms with Gasteiger partial charge in [0.2, 0.25) is 0 Å². The van der Waals surface area contributed by atoms with Crippen molar-refractivity contribution in [3.8, 4) is 0 Å². The number of benzene rings is 1. The summed E-state index contributed by atoms with van der Waals surface area (Å²) < 4.78 is 2.07. The zero-order valence-electron chi connectivity index (χ0n) is 10.3. The van der Waals surface area contributed by atoms with Gasteiger partial charge in [-0.3, -0.25) is 0 Å². The van der Waals surface area contributed by atoms with Crippen molar-refractivity contribution >= 4 is 5.97 Å². The normalized spacial score (nSPS) is 10.5. The number of aryl methyl sites for hydroxylation is 1. The minimum absolute atomic E-state index is 0.321. The second-order valence-electron chi connectivity index (χ2n) is 4.22. The Morgan fingerprint density at radius 1 is 1.22 bits per heavy atom. The summed E-state index contributed by atoms with van der Waals surface area (Å²) in [6.45, 7) is 1.52. The smallest absolute Gasteiger partial charge is 0.335 e. The molecule has 0 amide bonds. The van der Waals surface area contributed by atoms with Crippen LogP contribution < -0.4 is 5.32 Å². The van der Waals surface area contributed by atoms with Gasteiger partial charge < -0.3 is 15.0 Å². The van der Waals surface area contributed by atoms with Crippen molar-refractivity contribution in [2.24, 2.45) is 7.05 Å². The Morgan fingerprint density at radius 3 is 2.50 bits per heavy atom. The molecule has 4 heteroatoms. The number of aromatic carboxylic acids is 1. The SMILES string of the molecule is Cn1cccc1CNCc1ccc(C(=O)O)cc1. The number of hydrogen-bond donors (Lipinski definition) is 2. The highest BCUT2D eigenvalue weighted by atomic mass is 16.4. The maximum atomic E-state index is 10.7. The van der Waals surface area contributed by atoms with Crippen LogP contribution in [-0.4, -0.2) is 15.6 Å². The third kappa shape index (κ3) is 2.99. The van der Waals surface area contributed by atoms with Gasteiger partial charge in [-0.1, -0.05) is 12.1 Å². The van der Waals surface area contributed by atoms with Crippen LogP contribution in [0.1, 0.15) is 21.6 Å². The fourth-order valence-corrected chi connectivity index (χ4v) is 1.78. The first-order valence-electron chi connectivity index (χ1n) is 5.80. The van der Waals surface area contributed by atoms with E-state index in [4.69, 9.17) is 5.11 Å². The van der Waals surface area contributed by atoms with E-state index in [2.05, 4.69) is 16.0 Å². The Morgan fingerprint density at radius 2 is 1.94 bits per heavy atom. The first kappa shape index (κ1) is 12.4. The largest absolute Gasteiger partial charge is 0.478 e. The lowest BCUT2D eigenvalue weighted by atomic mass is 10.1. The van der Waals surface area contributed by atoms with E-state index in [-0.39, 0.29) is 0 Å². The lowest BCUT2D eigenvalue weighted by Gasteiger charge is -2.06. The first-order valence-corrected chi connectivity index (χ1v) is 5.80. The van der Waals surface area contributed by atoms with Crippen molar-refractivity contribution in [1.29, 1.82) is 0 Å². The van der Waals surface area contributed by atoms with Gasteiger partial charge in [-0.15, -0.1) is 0 Å². The molecular weight excluding hydrogens is 228 g/mol. The number of carboxylic acid groups (broad SMARTS) is 1. The van der Waals surface area contributed by atoms with E-state index in [1.807, 2.05) is 31.4 Å². The van der Waals surface area contributed by atoms with Gasteiger partial charge in [-0.25, -0.2) is 4.79 Å². The lowest BCUT2D eigenvalue weighted by Crippen LogP contribution is -2.14. The molecule has 0 radical (unpaired) electrons. The number of nitrogens with zero attached hydrogens (tertiary/aromatic N) is 1. The highest BCUT2D eigenvalue weighted by Gasteiger charge is 2.01. The summed E-state index contributed by atoms with van der Waals surface area (Å²) in [5.41, 5.74) is 2.62. The average Bonchev–Trinajstić information content (AvgIpc) is 2.76. The molecule has 0 aliphatic carbocycles. The molecule has 0 unspecified atom stereocenters. The number of rotatable bonds is 5. The van der Waals surface area contributed by atoms with Gasteiger partial charge in [-0.05, 0) is 29.8 Å². The quantitative estimate of drug-likeness (QED) is 0.846. The van der Waals surface area contributed by atoms with Crippen molar-refractivity contribution in [3.63, 3.8) is 0 Å². The molecule has 0 aliphatic rings. The van der Waals surface area contributed by atoms with Crippen LogP contribution in [0.15, 0.2) is 42.6 Å². The van der Waals surface area contributed by atoms with Crippen molar-refractivity contribution in [3.05, 3.63) is 59.4 Å². The molecule has 0 spiro atoms. The van der Waals surface area contributed by atoms with Crippen LogP contribution in [0.3, 0.4) is 0 Å². The first-order chi connectivity index (χ1) is 8.66. The molecule has 2 aromatic rings. The van der Waals surface area contributed by atoms with E-state index < -0.39 is 5.97 Å². The van der Waals surface area contributed by atoms with Gasteiger partial charge >= 0.3 is 5.97 Å². The Bertz CT molecular complexity index is 529. The molecule has 0 atom stereocenters. The molecular formula is C14H16N2O2. The van der Waals surface area contributed by atoms with Gasteiger partial charge in [0, 0.05) is 32.0 Å². The molecule has 18 heavy (non-hydrogen) atoms. The van der Waals surface area contributed by atoms with Crippen LogP contribution in [0.2, 0.25) is 0 Å². The predicted molar refractivity (Wildman–Crippen MR) is 69.4 cm³/mol. The number of carboxylic acids is 1. The molecule has 2 rings (SSSR count). The Kier molecular flexibility index (Phi) is 3.79. The average molecular weight is 244 g/mol. The van der Waals surface area contributed by atoms with Crippen molar-refractivity contribution in [1.82, 2.24) is 9.88 Å². The molecule has 0 fully saturated rings. The van der Waals surface area contributed by atoms with Crippen LogP contribution in [0, 0.1) is 0 Å². The molecule has 0 bridgehead atoms. The molecule has 0 saturated heterocycles. The van der Waals surface area contributed by atoms with E-state index >= 15 is 0 Å². The van der Waals surface area contributed by atoms with E-state index in [9.17, 15) is 4.79 Å². The molecule has 1 aromatic heterocycles. The number of hydrogen-bond acceptors (Lipinski definition) is 2. The second kappa shape index (κ2) is 5.51. The highest BCUT2D eigenvalue weighted by Crippen LogP contribution is 2.05. The summed E-state index contributed by atoms with van der Waals surface area (Å²) in [6.07, 6.45) is 2.01. The van der Waals surface area contributed by atoms with Crippen molar-refractivity contribution < 1.29 is 9.90 Å². The molecule has 2 N–H and O–H groups in total. The summed E-state index contributed by atoms with van der Waals surface area (Å²) in [5, 5.41) is 12.1. The van der Waals surface area contributed by atoms with E-state index in [1.165, 1.54) is 5.69 Å². The monoisotopic (exact) mass is 244 g/mol. The topological polar surface area (TPSA) is 54.3 Å². The van der Waals surface area contributed by atoms with E-state index in [1.54, 1.807) is 12.1 Å². The second-order valence-corrected chi connectivity index (χ2v) is 4.22. The number of nitrogens with one attached hydrogen (secondary N) is 1. The molecule has 4 nitrogen and oxygen atoms in total. The highest BCUT2D eigenvalue weighted by molar-refractivity contribution is 5.87. The maximum absolute atomic E-state index is 10.7. The summed E-state index contributed by atoms with van der Waals surface area (Å²) in [4.78, 5) is 10.7. The Hall–Kier alpha value is -2.07. The number of carbonyl (C=O) groups is 1. The summed E-state index contributed by atoms with van der Waals surface area (Å²) in [7, 11) is 2.01. The molecule has 0 aliphatic heterocycles. The van der Waals surface area contributed by atoms with Crippen LogP contribution in [0.25, 0.3) is 0 Å². The zero-order chi connectivity index (χ0) is 13.0. The Balaban J connectivity index is 1.87. The standard InChI is InChI=1S/C14H16N2O2/c1-16-8-2-3-13(16)10-15-9-11-4-6-12(7-5-11)14(17)18/h2-8,15H,9-10H2,1H3,(H,17,18). The fraction of sp³-hybridized carbons (Fsp3) is 0.214. The van der Waals surface area contributed by atoms with Crippen molar-refractivity contribution in [2.75, 3.05) is 0 Å². The van der Waals surface area contributed by atoms with Gasteiger partial charge in [0.1, 0.15) is 0 Å². The maximum Gasteiger partial charge on any atom is 0.335 e. The van der Waals surface area contributed by atoms with Gasteiger partial charge in [-0.2, -0.15) is 0 Å². The minimum atomic E-state index is -0.890. The summed E-state index contributed by atoms with van der Waals surface area (Å²) in [6, 6.07) is 11.0. The lowest BCUT2D eigenvalue weighted by molar-refractivity contribution is 0.0697. The number of aromatic nitrogens is 1. The van der Waals surface area contributed by atoms with Crippen LogP contribution >= 0.6 is 0 Å². The zero-order valence-corrected chi connectivity index (χ0v) is 10.3. The Labute approximate surface area is 106 Å². The van der Waals surface area contributed by atoms with E-state index in [0.29, 0.717) is 5.56 Å². The third-order valence-electron chi connectivity index (χ3n) is 2.89. The summed E-state index contributed by atoms with van der Waals surface area (Å²) >= 11 is 0. The fourth-order valence-electron chi connectivity index (χ4n) is 1.78. The van der Waals surface area contributed by atoms with Gasteiger partial charge in [0.15, 0.2) is 0 Å². The minimum Gasteiger partial charge on any atom is -0.478 e. The van der Waals surface area contributed by atoms with Gasteiger partial charge in [0.25, 0.3) is 0 Å². The predicted octanol–water partition coefficient (Wildman–Crippen LogP) is 2.01. The molecule has 1 aromatic carbocycles. The van der Waals surface area contributed by atoms with Crippen LogP contribution in [0.4, 0.5) is 0 Å². The molecule has 94 valence electrons. The molecule has 1 heterocycles. The summed E-state index contributed by atoms with van der Waals surface area (Å²) in [5.74, 6) is -0.890. The molecule has 0 saturated carbocycles.